The molecule has 0 unspecified atom stereocenters. The zero-order chi connectivity index (χ0) is 11.8. The van der Waals surface area contributed by atoms with Crippen LogP contribution >= 0.6 is 0 Å². The summed E-state index contributed by atoms with van der Waals surface area (Å²) in [6.07, 6.45) is 8.00. The molecule has 0 aromatic rings. The van der Waals surface area contributed by atoms with Gasteiger partial charge in [-0.15, -0.1) is 0 Å². The first-order valence-corrected chi connectivity index (χ1v) is 6.23. The Morgan fingerprint density at radius 2 is 1.69 bits per heavy atom. The molecule has 1 heterocycles. The number of carbonyl (C=O) groups is 2. The Morgan fingerprint density at radius 1 is 1.06 bits per heavy atom. The molecule has 1 fully saturated rings. The molecular weight excluding hydrogens is 206 g/mol. The predicted octanol–water partition coefficient (Wildman–Crippen LogP) is 2.72. The van der Waals surface area contributed by atoms with Crippen LogP contribution in [0.4, 0.5) is 4.79 Å². The Hall–Kier alpha value is -1.06. The third-order valence-electron chi connectivity index (χ3n) is 2.81. The van der Waals surface area contributed by atoms with Crippen LogP contribution < -0.4 is 0 Å². The maximum Gasteiger partial charge on any atom is 0.418 e. The fourth-order valence-corrected chi connectivity index (χ4v) is 1.84. The van der Waals surface area contributed by atoms with Crippen molar-refractivity contribution >= 4 is 12.1 Å². The van der Waals surface area contributed by atoms with Crippen LogP contribution in [0, 0.1) is 0 Å². The maximum atomic E-state index is 11.1. The summed E-state index contributed by atoms with van der Waals surface area (Å²) < 4.78 is 4.43. The number of ether oxygens (including phenoxy) is 1. The average Bonchev–Trinajstić information content (AvgIpc) is 2.56. The fourth-order valence-electron chi connectivity index (χ4n) is 1.84. The number of hydrogen-bond acceptors (Lipinski definition) is 3. The summed E-state index contributed by atoms with van der Waals surface area (Å²) in [6.45, 7) is 2.99. The van der Waals surface area contributed by atoms with Gasteiger partial charge in [-0.05, 0) is 6.42 Å². The number of amides is 1. The zero-order valence-electron chi connectivity index (χ0n) is 10.0. The average molecular weight is 227 g/mol. The van der Waals surface area contributed by atoms with Crippen LogP contribution in [0.25, 0.3) is 0 Å². The number of rotatable bonds is 8. The molecule has 0 spiro atoms. The molecule has 0 aromatic carbocycles. The minimum absolute atomic E-state index is 0.134. The van der Waals surface area contributed by atoms with Gasteiger partial charge in [0.25, 0.3) is 0 Å². The lowest BCUT2D eigenvalue weighted by molar-refractivity contribution is -0.132. The highest BCUT2D eigenvalue weighted by atomic mass is 16.6. The van der Waals surface area contributed by atoms with Crippen LogP contribution in [0.15, 0.2) is 0 Å². The zero-order valence-corrected chi connectivity index (χ0v) is 10.0. The Kier molecular flexibility index (Phi) is 5.90. The van der Waals surface area contributed by atoms with E-state index in [1.165, 1.54) is 37.0 Å². The third-order valence-corrected chi connectivity index (χ3v) is 2.81. The van der Waals surface area contributed by atoms with Crippen molar-refractivity contribution in [3.63, 3.8) is 0 Å². The summed E-state index contributed by atoms with van der Waals surface area (Å²) in [4.78, 5) is 23.3. The Morgan fingerprint density at radius 3 is 2.25 bits per heavy atom. The molecule has 0 saturated carbocycles. The fraction of sp³-hybridized carbons (Fsp3) is 0.833. The van der Waals surface area contributed by atoms with E-state index in [-0.39, 0.29) is 6.54 Å². The van der Waals surface area contributed by atoms with Crippen molar-refractivity contribution in [2.75, 3.05) is 13.1 Å². The molecule has 92 valence electrons. The lowest BCUT2D eigenvalue weighted by atomic mass is 10.1. The quantitative estimate of drug-likeness (QED) is 0.364. The second kappa shape index (κ2) is 7.25. The molecule has 1 saturated heterocycles. The molecule has 0 radical (unpaired) electrons. The molecule has 1 amide bonds. The van der Waals surface area contributed by atoms with Crippen molar-refractivity contribution < 1.29 is 14.3 Å². The van der Waals surface area contributed by atoms with E-state index in [0.717, 1.165) is 12.8 Å². The molecule has 0 bridgehead atoms. The number of nitrogens with zero attached hydrogens (tertiary/aromatic N) is 1. The first-order valence-electron chi connectivity index (χ1n) is 6.23. The summed E-state index contributed by atoms with van der Waals surface area (Å²) in [6, 6.07) is 0. The molecule has 0 N–H and O–H groups in total. The van der Waals surface area contributed by atoms with Crippen LogP contribution in [0.5, 0.6) is 0 Å². The molecule has 0 aliphatic carbocycles. The van der Waals surface area contributed by atoms with Crippen LogP contribution in [0.3, 0.4) is 0 Å². The SMILES string of the molecule is CCCCCCCCCN1CC(=O)OC1=O. The van der Waals surface area contributed by atoms with E-state index in [2.05, 4.69) is 11.7 Å². The number of carbonyl (C=O) groups excluding carboxylic acids is 2. The van der Waals surface area contributed by atoms with Crippen molar-refractivity contribution in [1.29, 1.82) is 0 Å². The maximum absolute atomic E-state index is 11.1. The summed E-state index contributed by atoms with van der Waals surface area (Å²) in [5, 5.41) is 0. The summed E-state index contributed by atoms with van der Waals surface area (Å²) >= 11 is 0. The summed E-state index contributed by atoms with van der Waals surface area (Å²) in [7, 11) is 0. The van der Waals surface area contributed by atoms with Gasteiger partial charge in [0.2, 0.25) is 0 Å². The number of cyclic esters (lactones) is 2. The van der Waals surface area contributed by atoms with Gasteiger partial charge in [-0.25, -0.2) is 9.59 Å². The van der Waals surface area contributed by atoms with Crippen molar-refractivity contribution in [3.05, 3.63) is 0 Å². The highest BCUT2D eigenvalue weighted by Gasteiger charge is 2.28. The van der Waals surface area contributed by atoms with Gasteiger partial charge in [0.1, 0.15) is 6.54 Å². The van der Waals surface area contributed by atoms with Crippen LogP contribution in [-0.4, -0.2) is 30.1 Å². The van der Waals surface area contributed by atoms with Crippen LogP contribution in [0.1, 0.15) is 51.9 Å². The Balaban J connectivity index is 1.95. The van der Waals surface area contributed by atoms with Gasteiger partial charge in [-0.1, -0.05) is 45.4 Å². The van der Waals surface area contributed by atoms with E-state index in [0.29, 0.717) is 6.54 Å². The number of esters is 1. The second-order valence-electron chi connectivity index (χ2n) is 4.28. The monoisotopic (exact) mass is 227 g/mol. The molecule has 0 atom stereocenters. The van der Waals surface area contributed by atoms with Gasteiger partial charge >= 0.3 is 12.1 Å². The molecular formula is C12H21NO3. The van der Waals surface area contributed by atoms with E-state index in [1.807, 2.05) is 0 Å². The number of hydrogen-bond donors (Lipinski definition) is 0. The van der Waals surface area contributed by atoms with Gasteiger partial charge in [0.15, 0.2) is 0 Å². The largest absolute Gasteiger partial charge is 0.418 e. The molecule has 4 nitrogen and oxygen atoms in total. The lowest BCUT2D eigenvalue weighted by Gasteiger charge is -2.10. The first-order chi connectivity index (χ1) is 7.74. The van der Waals surface area contributed by atoms with E-state index < -0.39 is 12.1 Å². The molecule has 1 aliphatic rings. The summed E-state index contributed by atoms with van der Waals surface area (Å²) in [5.41, 5.74) is 0. The standard InChI is InChI=1S/C12H21NO3/c1-2-3-4-5-6-7-8-9-13-10-11(14)16-12(13)15/h2-10H2,1H3. The smallest absolute Gasteiger partial charge is 0.375 e. The topological polar surface area (TPSA) is 46.6 Å². The minimum Gasteiger partial charge on any atom is -0.375 e. The van der Waals surface area contributed by atoms with Gasteiger partial charge < -0.3 is 4.74 Å². The lowest BCUT2D eigenvalue weighted by Crippen LogP contribution is -2.25. The highest BCUT2D eigenvalue weighted by Crippen LogP contribution is 2.10. The van der Waals surface area contributed by atoms with Gasteiger partial charge in [0, 0.05) is 6.54 Å². The minimum atomic E-state index is -0.476. The molecule has 0 aromatic heterocycles. The third kappa shape index (κ3) is 4.64. The van der Waals surface area contributed by atoms with E-state index >= 15 is 0 Å². The van der Waals surface area contributed by atoms with Crippen molar-refractivity contribution in [2.24, 2.45) is 0 Å². The highest BCUT2D eigenvalue weighted by molar-refractivity contribution is 5.92. The summed E-state index contributed by atoms with van der Waals surface area (Å²) in [5.74, 6) is -0.423. The van der Waals surface area contributed by atoms with Gasteiger partial charge in [0.05, 0.1) is 0 Å². The predicted molar refractivity (Wildman–Crippen MR) is 61.1 cm³/mol. The molecule has 1 aliphatic heterocycles. The molecule has 1 rings (SSSR count). The van der Waals surface area contributed by atoms with Gasteiger partial charge in [-0.3, -0.25) is 4.90 Å². The van der Waals surface area contributed by atoms with Crippen molar-refractivity contribution in [3.8, 4) is 0 Å². The van der Waals surface area contributed by atoms with Crippen LogP contribution in [0.2, 0.25) is 0 Å². The van der Waals surface area contributed by atoms with E-state index in [9.17, 15) is 9.59 Å². The Labute approximate surface area is 96.9 Å². The number of unbranched alkanes of at least 4 members (excludes halogenated alkanes) is 6. The van der Waals surface area contributed by atoms with E-state index in [1.54, 1.807) is 0 Å². The normalized spacial score (nSPS) is 15.7. The molecule has 4 heteroatoms. The molecule has 16 heavy (non-hydrogen) atoms. The van der Waals surface area contributed by atoms with Crippen molar-refractivity contribution in [2.45, 2.75) is 51.9 Å². The second-order valence-corrected chi connectivity index (χ2v) is 4.28. The van der Waals surface area contributed by atoms with E-state index in [4.69, 9.17) is 0 Å². The van der Waals surface area contributed by atoms with Crippen LogP contribution in [-0.2, 0) is 9.53 Å². The van der Waals surface area contributed by atoms with Crippen molar-refractivity contribution in [1.82, 2.24) is 4.90 Å². The van der Waals surface area contributed by atoms with Gasteiger partial charge in [-0.2, -0.15) is 0 Å². The Bertz CT molecular complexity index is 240. The first kappa shape index (κ1) is 13.0.